The molecule has 0 aliphatic carbocycles. The predicted octanol–water partition coefficient (Wildman–Crippen LogP) is 3.76. The third kappa shape index (κ3) is 5.76. The zero-order valence-electron chi connectivity index (χ0n) is 15.9. The number of aromatic nitrogens is 4. The van der Waals surface area contributed by atoms with Crippen LogP contribution in [0, 0.1) is 6.92 Å². The van der Waals surface area contributed by atoms with Gasteiger partial charge in [-0.2, -0.15) is 10.1 Å². The van der Waals surface area contributed by atoms with Gasteiger partial charge in [-0.25, -0.2) is 22.2 Å². The smallest absolute Gasteiger partial charge is 0.257 e. The fourth-order valence-electron chi connectivity index (χ4n) is 2.52. The van der Waals surface area contributed by atoms with Gasteiger partial charge in [0.05, 0.1) is 35.2 Å². The van der Waals surface area contributed by atoms with Crippen molar-refractivity contribution in [3.63, 3.8) is 0 Å². The molecule has 3 N–H and O–H groups in total. The monoisotopic (exact) mass is 457 g/mol. The van der Waals surface area contributed by atoms with Crippen LogP contribution in [0.25, 0.3) is 0 Å². The summed E-state index contributed by atoms with van der Waals surface area (Å²) < 4.78 is 51.8. The maximum absolute atomic E-state index is 12.6. The molecule has 0 saturated heterocycles. The maximum Gasteiger partial charge on any atom is 0.257 e. The zero-order valence-corrected chi connectivity index (χ0v) is 17.5. The van der Waals surface area contributed by atoms with Crippen molar-refractivity contribution in [1.29, 1.82) is 0 Å². The van der Waals surface area contributed by atoms with Crippen LogP contribution in [0.3, 0.4) is 0 Å². The molecule has 9 nitrogen and oxygen atoms in total. The number of hydrogen-bond donors (Lipinski definition) is 3. The summed E-state index contributed by atoms with van der Waals surface area (Å²) in [5.41, 5.74) is 1.69. The van der Waals surface area contributed by atoms with Crippen molar-refractivity contribution in [2.75, 3.05) is 21.6 Å². The molecule has 0 saturated carbocycles. The van der Waals surface area contributed by atoms with Gasteiger partial charge in [-0.3, -0.25) is 9.40 Å². The molecule has 3 rings (SSSR count). The third-order valence-electron chi connectivity index (χ3n) is 3.74. The highest BCUT2D eigenvalue weighted by molar-refractivity contribution is 7.92. The van der Waals surface area contributed by atoms with Crippen LogP contribution in [0.4, 0.5) is 37.6 Å². The van der Waals surface area contributed by atoms with E-state index in [1.54, 1.807) is 31.2 Å². The van der Waals surface area contributed by atoms with Crippen molar-refractivity contribution in [3.05, 3.63) is 47.4 Å². The number of alkyl halides is 2. The fourth-order valence-corrected chi connectivity index (χ4v) is 3.24. The van der Waals surface area contributed by atoms with Crippen LogP contribution in [0.15, 0.2) is 36.7 Å². The minimum absolute atomic E-state index is 0.148. The van der Waals surface area contributed by atoms with Crippen LogP contribution in [0.5, 0.6) is 0 Å². The van der Waals surface area contributed by atoms with Crippen LogP contribution >= 0.6 is 11.6 Å². The number of nitrogens with one attached hydrogen (secondary N) is 3. The average Bonchev–Trinajstić information content (AvgIpc) is 2.96. The first kappa shape index (κ1) is 21.7. The second-order valence-electron chi connectivity index (χ2n) is 6.30. The second-order valence-corrected chi connectivity index (χ2v) is 8.46. The molecule has 0 fully saturated rings. The molecule has 0 amide bonds. The van der Waals surface area contributed by atoms with Crippen molar-refractivity contribution < 1.29 is 17.2 Å². The molecular formula is C17H18ClF2N7O2S. The number of benzene rings is 1. The van der Waals surface area contributed by atoms with E-state index in [0.29, 0.717) is 22.8 Å². The Bertz CT molecular complexity index is 1150. The first-order valence-corrected chi connectivity index (χ1v) is 10.8. The van der Waals surface area contributed by atoms with E-state index in [2.05, 4.69) is 30.4 Å². The minimum atomic E-state index is -3.49. The summed E-state index contributed by atoms with van der Waals surface area (Å²) in [6, 6.07) is 6.62. The SMILES string of the molecule is Cc1nn(CC(F)F)cc1Nc1ncc(Cl)c(Nc2ccccc2NS(C)(=O)=O)n1. The van der Waals surface area contributed by atoms with Crippen LogP contribution < -0.4 is 15.4 Å². The van der Waals surface area contributed by atoms with E-state index in [9.17, 15) is 17.2 Å². The van der Waals surface area contributed by atoms with Gasteiger partial charge < -0.3 is 10.6 Å². The molecule has 0 unspecified atom stereocenters. The largest absolute Gasteiger partial charge is 0.337 e. The highest BCUT2D eigenvalue weighted by atomic mass is 35.5. The van der Waals surface area contributed by atoms with E-state index >= 15 is 0 Å². The van der Waals surface area contributed by atoms with Crippen molar-refractivity contribution >= 4 is 50.5 Å². The topological polar surface area (TPSA) is 114 Å². The first-order valence-electron chi connectivity index (χ1n) is 8.56. The average molecular weight is 458 g/mol. The summed E-state index contributed by atoms with van der Waals surface area (Å²) in [5, 5.41) is 10.1. The van der Waals surface area contributed by atoms with Gasteiger partial charge >= 0.3 is 0 Å². The van der Waals surface area contributed by atoms with E-state index < -0.39 is 23.0 Å². The Morgan fingerprint density at radius 2 is 1.87 bits per heavy atom. The fraction of sp³-hybridized carbons (Fsp3) is 0.235. The summed E-state index contributed by atoms with van der Waals surface area (Å²) >= 11 is 6.17. The highest BCUT2D eigenvalue weighted by Crippen LogP contribution is 2.29. The van der Waals surface area contributed by atoms with Crippen molar-refractivity contribution in [3.8, 4) is 0 Å². The molecular weight excluding hydrogens is 440 g/mol. The molecule has 0 atom stereocenters. The quantitative estimate of drug-likeness (QED) is 0.472. The standard InChI is InChI=1S/C17H18ClF2N7O2S/c1-10-14(8-27(25-10)9-15(19)20)23-17-21-7-11(18)16(24-17)22-12-5-3-4-6-13(12)26-30(2,28)29/h3-8,15,26H,9H2,1-2H3,(H2,21,22,23,24). The van der Waals surface area contributed by atoms with E-state index in [1.807, 2.05) is 0 Å². The van der Waals surface area contributed by atoms with Gasteiger partial charge in [-0.1, -0.05) is 23.7 Å². The Balaban J connectivity index is 1.84. The summed E-state index contributed by atoms with van der Waals surface area (Å²) in [7, 11) is -3.49. The lowest BCUT2D eigenvalue weighted by atomic mass is 10.2. The Kier molecular flexibility index (Phi) is 6.37. The molecule has 3 aromatic rings. The number of nitrogens with zero attached hydrogens (tertiary/aromatic N) is 4. The van der Waals surface area contributed by atoms with Gasteiger partial charge in [0.15, 0.2) is 5.82 Å². The van der Waals surface area contributed by atoms with Gasteiger partial charge in [0.1, 0.15) is 11.6 Å². The summed E-state index contributed by atoms with van der Waals surface area (Å²) in [5.74, 6) is 0.365. The highest BCUT2D eigenvalue weighted by Gasteiger charge is 2.13. The molecule has 2 aromatic heterocycles. The zero-order chi connectivity index (χ0) is 21.9. The molecule has 0 spiro atoms. The molecule has 1 aromatic carbocycles. The summed E-state index contributed by atoms with van der Waals surface area (Å²) in [6.07, 6.45) is 1.29. The van der Waals surface area contributed by atoms with Gasteiger partial charge in [0.2, 0.25) is 16.0 Å². The number of sulfonamides is 1. The second kappa shape index (κ2) is 8.79. The lowest BCUT2D eigenvalue weighted by molar-refractivity contribution is 0.121. The van der Waals surface area contributed by atoms with Crippen LogP contribution in [-0.4, -0.2) is 40.8 Å². The molecule has 0 bridgehead atoms. The van der Waals surface area contributed by atoms with E-state index in [0.717, 1.165) is 10.9 Å². The minimum Gasteiger partial charge on any atom is -0.337 e. The van der Waals surface area contributed by atoms with Gasteiger partial charge in [-0.15, -0.1) is 0 Å². The molecule has 0 aliphatic heterocycles. The van der Waals surface area contributed by atoms with Gasteiger partial charge in [0.25, 0.3) is 6.43 Å². The third-order valence-corrected chi connectivity index (χ3v) is 4.60. The molecule has 2 heterocycles. The maximum atomic E-state index is 12.6. The number of anilines is 5. The lowest BCUT2D eigenvalue weighted by Gasteiger charge is -2.14. The Labute approximate surface area is 176 Å². The Morgan fingerprint density at radius 1 is 1.17 bits per heavy atom. The Morgan fingerprint density at radius 3 is 2.53 bits per heavy atom. The van der Waals surface area contributed by atoms with Crippen molar-refractivity contribution in [2.45, 2.75) is 19.9 Å². The van der Waals surface area contributed by atoms with Gasteiger partial charge in [-0.05, 0) is 19.1 Å². The molecule has 13 heteroatoms. The number of hydrogen-bond acceptors (Lipinski definition) is 7. The van der Waals surface area contributed by atoms with E-state index in [-0.39, 0.29) is 16.8 Å². The number of aryl methyl sites for hydroxylation is 1. The molecule has 30 heavy (non-hydrogen) atoms. The van der Waals surface area contributed by atoms with Crippen molar-refractivity contribution in [1.82, 2.24) is 19.7 Å². The van der Waals surface area contributed by atoms with E-state index in [4.69, 9.17) is 11.6 Å². The summed E-state index contributed by atoms with van der Waals surface area (Å²) in [4.78, 5) is 8.36. The van der Waals surface area contributed by atoms with E-state index in [1.165, 1.54) is 12.4 Å². The number of rotatable bonds is 8. The molecule has 0 aliphatic rings. The molecule has 0 radical (unpaired) electrons. The number of para-hydroxylation sites is 2. The van der Waals surface area contributed by atoms with Gasteiger partial charge in [0, 0.05) is 6.20 Å². The normalized spacial score (nSPS) is 11.5. The molecule has 160 valence electrons. The lowest BCUT2D eigenvalue weighted by Crippen LogP contribution is -2.11. The number of halogens is 3. The first-order chi connectivity index (χ1) is 14.1. The van der Waals surface area contributed by atoms with Crippen LogP contribution in [0.2, 0.25) is 5.02 Å². The van der Waals surface area contributed by atoms with Crippen LogP contribution in [0.1, 0.15) is 5.69 Å². The summed E-state index contributed by atoms with van der Waals surface area (Å²) in [6.45, 7) is 1.13. The Hall–Kier alpha value is -2.99. The predicted molar refractivity (Wildman–Crippen MR) is 111 cm³/mol. The van der Waals surface area contributed by atoms with Crippen LogP contribution in [-0.2, 0) is 16.6 Å². The van der Waals surface area contributed by atoms with Crippen molar-refractivity contribution in [2.24, 2.45) is 0 Å².